The third-order valence-corrected chi connectivity index (χ3v) is 9.74. The van der Waals surface area contributed by atoms with Gasteiger partial charge in [-0.05, 0) is 62.3 Å². The Morgan fingerprint density at radius 1 is 0.968 bits per heavy atom. The Hall–Kier alpha value is -1.23. The maximum atomic E-state index is 11.6. The van der Waals surface area contributed by atoms with Gasteiger partial charge in [0.2, 0.25) is 0 Å². The first kappa shape index (κ1) is 20.4. The summed E-state index contributed by atoms with van der Waals surface area (Å²) in [6.07, 6.45) is 15.4. The van der Waals surface area contributed by atoms with E-state index in [2.05, 4.69) is 22.3 Å². The van der Waals surface area contributed by atoms with Crippen LogP contribution in [0, 0.1) is 17.8 Å². The van der Waals surface area contributed by atoms with E-state index in [1.807, 2.05) is 12.1 Å². The lowest BCUT2D eigenvalue weighted by atomic mass is 9.71. The van der Waals surface area contributed by atoms with Gasteiger partial charge in [0.15, 0.2) is 0 Å². The minimum absolute atomic E-state index is 0.361. The van der Waals surface area contributed by atoms with E-state index in [0.717, 1.165) is 30.7 Å². The van der Waals surface area contributed by atoms with Crippen LogP contribution in [0.25, 0.3) is 0 Å². The number of hydrogen-bond acceptors (Lipinski definition) is 4. The molecule has 3 heterocycles. The van der Waals surface area contributed by atoms with Crippen LogP contribution < -0.4 is 5.32 Å². The summed E-state index contributed by atoms with van der Waals surface area (Å²) in [5.41, 5.74) is 1.56. The van der Waals surface area contributed by atoms with Crippen LogP contribution in [0.2, 0.25) is 0 Å². The molecule has 0 amide bonds. The summed E-state index contributed by atoms with van der Waals surface area (Å²) in [5, 5.41) is 15.6. The molecule has 5 aliphatic rings. The van der Waals surface area contributed by atoms with Crippen molar-refractivity contribution in [3.05, 3.63) is 35.4 Å². The van der Waals surface area contributed by atoms with Gasteiger partial charge in [-0.2, -0.15) is 0 Å². The van der Waals surface area contributed by atoms with Crippen LogP contribution in [-0.4, -0.2) is 46.7 Å². The number of rotatable bonds is 5. The molecule has 31 heavy (non-hydrogen) atoms. The van der Waals surface area contributed by atoms with Gasteiger partial charge in [-0.15, -0.1) is 0 Å². The quantitative estimate of drug-likeness (QED) is 0.543. The fourth-order valence-corrected chi connectivity index (χ4v) is 8.12. The van der Waals surface area contributed by atoms with E-state index in [0.29, 0.717) is 35.9 Å². The average Bonchev–Trinajstić information content (AvgIpc) is 3.16. The number of fused-ring (bicyclic) bond motifs is 2. The zero-order valence-corrected chi connectivity index (χ0v) is 18.7. The fraction of sp³-hybridized carbons (Fsp3) is 0.741. The van der Waals surface area contributed by atoms with Gasteiger partial charge in [-0.1, -0.05) is 49.9 Å². The molecule has 0 radical (unpaired) electrons. The third kappa shape index (κ3) is 3.50. The number of nitrogens with one attached hydrogen (secondary N) is 1. The molecule has 2 N–H and O–H groups in total. The van der Waals surface area contributed by atoms with E-state index in [-0.39, 0.29) is 0 Å². The minimum Gasteiger partial charge on any atom is -0.374 e. The zero-order valence-electron chi connectivity index (χ0n) is 18.7. The smallest absolute Gasteiger partial charge is 0.150 e. The van der Waals surface area contributed by atoms with Crippen molar-refractivity contribution < 1.29 is 9.90 Å². The fourth-order valence-electron chi connectivity index (χ4n) is 8.12. The first-order valence-electron chi connectivity index (χ1n) is 13.0. The van der Waals surface area contributed by atoms with Gasteiger partial charge in [0.05, 0.1) is 0 Å². The second-order valence-corrected chi connectivity index (χ2v) is 11.3. The summed E-state index contributed by atoms with van der Waals surface area (Å²) in [6.45, 7) is 0.851. The number of aldehydes is 1. The van der Waals surface area contributed by atoms with E-state index < -0.39 is 5.72 Å². The van der Waals surface area contributed by atoms with Gasteiger partial charge in [-0.25, -0.2) is 0 Å². The van der Waals surface area contributed by atoms with Crippen LogP contribution in [0.5, 0.6) is 0 Å². The Morgan fingerprint density at radius 3 is 2.55 bits per heavy atom. The van der Waals surface area contributed by atoms with E-state index in [4.69, 9.17) is 0 Å². The lowest BCUT2D eigenvalue weighted by Gasteiger charge is -2.39. The number of piperidine rings is 2. The van der Waals surface area contributed by atoms with Crippen molar-refractivity contribution in [3.8, 4) is 0 Å². The molecule has 1 aromatic rings. The molecule has 8 atom stereocenters. The molecule has 0 aromatic heterocycles. The predicted molar refractivity (Wildman–Crippen MR) is 122 cm³/mol. The SMILES string of the molecule is O=Cc1ccc([C@@H](C2CCCCC2)[C@@H]2C[C@@H]([C@H]3CC[C@H]4CCC[C@@H]4N3)[C@]3(O)CN23)cc1. The lowest BCUT2D eigenvalue weighted by Crippen LogP contribution is -2.51. The summed E-state index contributed by atoms with van der Waals surface area (Å²) >= 11 is 0. The van der Waals surface area contributed by atoms with Crippen LogP contribution >= 0.6 is 0 Å². The van der Waals surface area contributed by atoms with Crippen molar-refractivity contribution in [2.75, 3.05) is 6.54 Å². The summed E-state index contributed by atoms with van der Waals surface area (Å²) < 4.78 is 0. The van der Waals surface area contributed by atoms with Gasteiger partial charge in [0, 0.05) is 42.1 Å². The van der Waals surface area contributed by atoms with Crippen molar-refractivity contribution in [1.82, 2.24) is 10.2 Å². The number of carbonyl (C=O) groups is 1. The van der Waals surface area contributed by atoms with E-state index in [1.54, 1.807) is 0 Å². The topological polar surface area (TPSA) is 52.3 Å². The Labute approximate surface area is 186 Å². The van der Waals surface area contributed by atoms with Gasteiger partial charge in [-0.3, -0.25) is 9.69 Å². The molecule has 4 heteroatoms. The largest absolute Gasteiger partial charge is 0.374 e. The van der Waals surface area contributed by atoms with Crippen molar-refractivity contribution in [2.24, 2.45) is 17.8 Å². The highest BCUT2D eigenvalue weighted by atomic mass is 16.3. The molecule has 1 aromatic carbocycles. The molecule has 5 fully saturated rings. The van der Waals surface area contributed by atoms with Crippen molar-refractivity contribution >= 4 is 6.29 Å². The highest BCUT2D eigenvalue weighted by Gasteiger charge is 2.68. The molecule has 2 aliphatic carbocycles. The summed E-state index contributed by atoms with van der Waals surface area (Å²) in [7, 11) is 0. The molecule has 3 aliphatic heterocycles. The minimum atomic E-state index is -0.580. The molecule has 0 spiro atoms. The first-order valence-corrected chi connectivity index (χ1v) is 13.0. The second kappa shape index (κ2) is 7.97. The molecule has 3 saturated heterocycles. The molecule has 0 bridgehead atoms. The lowest BCUT2D eigenvalue weighted by molar-refractivity contribution is 0.0323. The molecule has 4 nitrogen and oxygen atoms in total. The molecular weight excluding hydrogens is 384 g/mol. The summed E-state index contributed by atoms with van der Waals surface area (Å²) in [5.74, 6) is 2.41. The Kier molecular flexibility index (Phi) is 5.24. The van der Waals surface area contributed by atoms with Gasteiger partial charge in [0.1, 0.15) is 12.0 Å². The standard InChI is InChI=1S/C27H38N2O2/c30-16-18-9-11-21(12-10-18)26(20-5-2-1-3-6-20)25-15-22(27(31)17-29(25)27)24-14-13-19-7-4-8-23(19)28-24/h9-12,16,19-20,22-26,28,31H,1-8,13-15,17H2/t19-,22+,23+,24-,25+,26-,27-,29?/m1/s1. The third-order valence-electron chi connectivity index (χ3n) is 9.74. The van der Waals surface area contributed by atoms with Gasteiger partial charge >= 0.3 is 0 Å². The number of hydrogen-bond donors (Lipinski definition) is 2. The maximum absolute atomic E-state index is 11.6. The Bertz CT molecular complexity index is 804. The first-order chi connectivity index (χ1) is 15.2. The number of nitrogens with zero attached hydrogens (tertiary/aromatic N) is 1. The maximum Gasteiger partial charge on any atom is 0.150 e. The second-order valence-electron chi connectivity index (χ2n) is 11.3. The molecule has 1 unspecified atom stereocenters. The van der Waals surface area contributed by atoms with Crippen molar-refractivity contribution in [2.45, 2.75) is 100 Å². The van der Waals surface area contributed by atoms with Crippen molar-refractivity contribution in [3.63, 3.8) is 0 Å². The van der Waals surface area contributed by atoms with Gasteiger partial charge < -0.3 is 10.4 Å². The number of benzene rings is 1. The van der Waals surface area contributed by atoms with E-state index in [9.17, 15) is 9.90 Å². The predicted octanol–water partition coefficient (Wildman–Crippen LogP) is 4.48. The molecule has 168 valence electrons. The van der Waals surface area contributed by atoms with Crippen molar-refractivity contribution in [1.29, 1.82) is 0 Å². The Morgan fingerprint density at radius 2 is 1.77 bits per heavy atom. The average molecular weight is 423 g/mol. The van der Waals surface area contributed by atoms with E-state index >= 15 is 0 Å². The highest BCUT2D eigenvalue weighted by molar-refractivity contribution is 5.74. The van der Waals surface area contributed by atoms with Gasteiger partial charge in [0.25, 0.3) is 0 Å². The summed E-state index contributed by atoms with van der Waals surface area (Å²) in [4.78, 5) is 13.6. The number of carbonyl (C=O) groups excluding carboxylic acids is 1. The molecular formula is C27H38N2O2. The molecule has 2 saturated carbocycles. The van der Waals surface area contributed by atoms with Crippen LogP contribution in [0.4, 0.5) is 0 Å². The van der Waals surface area contributed by atoms with E-state index in [1.165, 1.54) is 69.8 Å². The number of aliphatic hydroxyl groups is 1. The highest BCUT2D eigenvalue weighted by Crippen LogP contribution is 2.57. The summed E-state index contributed by atoms with van der Waals surface area (Å²) in [6, 6.07) is 9.97. The Balaban J connectivity index is 1.26. The zero-order chi connectivity index (χ0) is 21.0. The monoisotopic (exact) mass is 422 g/mol. The normalized spacial score (nSPS) is 43.3. The van der Waals surface area contributed by atoms with Crippen LogP contribution in [0.15, 0.2) is 24.3 Å². The van der Waals surface area contributed by atoms with Crippen LogP contribution in [-0.2, 0) is 0 Å². The molecule has 6 rings (SSSR count). The van der Waals surface area contributed by atoms with Crippen LogP contribution in [0.1, 0.15) is 92.5 Å². The van der Waals surface area contributed by atoms with Crippen LogP contribution in [0.3, 0.4) is 0 Å².